The van der Waals surface area contributed by atoms with Gasteiger partial charge in [0, 0.05) is 24.4 Å². The number of carbonyl (C=O) groups is 2. The first kappa shape index (κ1) is 16.6. The fraction of sp³-hybridized carbons (Fsp3) is 0.619. The van der Waals surface area contributed by atoms with Crippen molar-refractivity contribution in [2.45, 2.75) is 56.9 Å². The number of nitrogens with zero attached hydrogens (tertiary/aromatic N) is 1. The number of carboxylic acids is 1. The van der Waals surface area contributed by atoms with Crippen LogP contribution in [0.25, 0.3) is 0 Å². The first-order chi connectivity index (χ1) is 12.1. The molecule has 0 bridgehead atoms. The van der Waals surface area contributed by atoms with E-state index in [0.717, 1.165) is 25.8 Å². The molecule has 1 heterocycles. The number of hydrogen-bond donors (Lipinski definition) is 1. The van der Waals surface area contributed by atoms with E-state index in [4.69, 9.17) is 5.11 Å². The molecule has 0 spiro atoms. The van der Waals surface area contributed by atoms with E-state index in [1.165, 1.54) is 18.4 Å². The van der Waals surface area contributed by atoms with E-state index in [1.54, 1.807) is 0 Å². The minimum Gasteiger partial charge on any atom is -0.481 e. The summed E-state index contributed by atoms with van der Waals surface area (Å²) in [4.78, 5) is 26.5. The zero-order valence-electron chi connectivity index (χ0n) is 14.6. The van der Waals surface area contributed by atoms with Crippen LogP contribution in [0.15, 0.2) is 30.3 Å². The molecule has 3 fully saturated rings. The molecule has 1 aromatic rings. The van der Waals surface area contributed by atoms with Gasteiger partial charge in [-0.15, -0.1) is 0 Å². The van der Waals surface area contributed by atoms with Crippen LogP contribution in [0.5, 0.6) is 0 Å². The highest BCUT2D eigenvalue weighted by atomic mass is 16.4. The summed E-state index contributed by atoms with van der Waals surface area (Å²) in [5.41, 5.74) is 1.37. The predicted octanol–water partition coefficient (Wildman–Crippen LogP) is 3.67. The molecule has 2 saturated carbocycles. The number of aliphatic carboxylic acids is 1. The first-order valence-corrected chi connectivity index (χ1v) is 9.73. The fourth-order valence-corrected chi connectivity index (χ4v) is 5.44. The van der Waals surface area contributed by atoms with Crippen molar-refractivity contribution in [2.75, 3.05) is 6.54 Å². The molecule has 25 heavy (non-hydrogen) atoms. The maximum atomic E-state index is 13.2. The summed E-state index contributed by atoms with van der Waals surface area (Å²) in [6.45, 7) is 0.844. The van der Waals surface area contributed by atoms with Crippen molar-refractivity contribution in [1.82, 2.24) is 4.90 Å². The van der Waals surface area contributed by atoms with Gasteiger partial charge >= 0.3 is 5.97 Å². The van der Waals surface area contributed by atoms with Crippen LogP contribution in [0.3, 0.4) is 0 Å². The highest BCUT2D eigenvalue weighted by Crippen LogP contribution is 2.47. The van der Waals surface area contributed by atoms with Crippen molar-refractivity contribution < 1.29 is 14.7 Å². The maximum absolute atomic E-state index is 13.2. The van der Waals surface area contributed by atoms with Crippen LogP contribution in [0.1, 0.15) is 56.4 Å². The third kappa shape index (κ3) is 3.07. The SMILES string of the molecule is O=C(O)C1CCC(C(=O)N2CC(c3ccccc3)C3CCCC32)CC1. The van der Waals surface area contributed by atoms with Crippen LogP contribution in [-0.2, 0) is 9.59 Å². The largest absolute Gasteiger partial charge is 0.481 e. The quantitative estimate of drug-likeness (QED) is 0.912. The van der Waals surface area contributed by atoms with Crippen molar-refractivity contribution in [3.05, 3.63) is 35.9 Å². The second kappa shape index (κ2) is 6.81. The van der Waals surface area contributed by atoms with Gasteiger partial charge < -0.3 is 10.0 Å². The van der Waals surface area contributed by atoms with Crippen LogP contribution in [-0.4, -0.2) is 34.5 Å². The van der Waals surface area contributed by atoms with Gasteiger partial charge in [0.15, 0.2) is 0 Å². The number of carboxylic acid groups (broad SMARTS) is 1. The lowest BCUT2D eigenvalue weighted by Gasteiger charge is -2.31. The van der Waals surface area contributed by atoms with Gasteiger partial charge in [-0.2, -0.15) is 0 Å². The van der Waals surface area contributed by atoms with Crippen molar-refractivity contribution >= 4 is 11.9 Å². The maximum Gasteiger partial charge on any atom is 0.306 e. The Kier molecular flexibility index (Phi) is 4.53. The minimum atomic E-state index is -0.702. The zero-order chi connectivity index (χ0) is 17.4. The molecule has 0 aromatic heterocycles. The van der Waals surface area contributed by atoms with Crippen molar-refractivity contribution in [3.63, 3.8) is 0 Å². The Balaban J connectivity index is 1.47. The van der Waals surface area contributed by atoms with E-state index >= 15 is 0 Å². The summed E-state index contributed by atoms with van der Waals surface area (Å²) in [5, 5.41) is 9.16. The monoisotopic (exact) mass is 341 g/mol. The molecule has 134 valence electrons. The van der Waals surface area contributed by atoms with Gasteiger partial charge in [0.1, 0.15) is 0 Å². The van der Waals surface area contributed by atoms with Crippen LogP contribution >= 0.6 is 0 Å². The molecule has 1 amide bonds. The number of rotatable bonds is 3. The Labute approximate surface area is 149 Å². The van der Waals surface area contributed by atoms with E-state index in [-0.39, 0.29) is 11.8 Å². The standard InChI is InChI=1S/C21H27NO3/c23-20(15-9-11-16(12-10-15)21(24)25)22-13-18(14-5-2-1-3-6-14)17-7-4-8-19(17)22/h1-3,5-6,15-19H,4,7-13H2,(H,24,25). The number of hydrogen-bond acceptors (Lipinski definition) is 2. The third-order valence-electron chi connectivity index (χ3n) is 6.78. The second-order valence-electron chi connectivity index (χ2n) is 8.06. The summed E-state index contributed by atoms with van der Waals surface area (Å²) < 4.78 is 0. The van der Waals surface area contributed by atoms with E-state index in [2.05, 4.69) is 35.2 Å². The van der Waals surface area contributed by atoms with Gasteiger partial charge in [-0.05, 0) is 50.0 Å². The molecule has 3 aliphatic rings. The molecular weight excluding hydrogens is 314 g/mol. The van der Waals surface area contributed by atoms with E-state index < -0.39 is 5.97 Å². The fourth-order valence-electron chi connectivity index (χ4n) is 5.44. The van der Waals surface area contributed by atoms with E-state index in [0.29, 0.717) is 36.6 Å². The smallest absolute Gasteiger partial charge is 0.306 e. The van der Waals surface area contributed by atoms with Gasteiger partial charge in [0.05, 0.1) is 5.92 Å². The second-order valence-corrected chi connectivity index (χ2v) is 8.06. The number of amides is 1. The molecule has 4 heteroatoms. The first-order valence-electron chi connectivity index (χ1n) is 9.73. The van der Waals surface area contributed by atoms with Crippen molar-refractivity contribution in [1.29, 1.82) is 0 Å². The predicted molar refractivity (Wildman–Crippen MR) is 95.1 cm³/mol. The zero-order valence-corrected chi connectivity index (χ0v) is 14.6. The van der Waals surface area contributed by atoms with Gasteiger partial charge in [-0.25, -0.2) is 0 Å². The van der Waals surface area contributed by atoms with Crippen molar-refractivity contribution in [3.8, 4) is 0 Å². The Bertz CT molecular complexity index is 636. The Morgan fingerprint density at radius 1 is 0.920 bits per heavy atom. The molecule has 1 aromatic carbocycles. The lowest BCUT2D eigenvalue weighted by molar-refractivity contribution is -0.146. The summed E-state index contributed by atoms with van der Waals surface area (Å²) in [5.74, 6) is 0.436. The van der Waals surface area contributed by atoms with Gasteiger partial charge in [-0.1, -0.05) is 36.8 Å². The lowest BCUT2D eigenvalue weighted by atomic mass is 9.81. The Morgan fingerprint density at radius 2 is 1.60 bits per heavy atom. The highest BCUT2D eigenvalue weighted by molar-refractivity contribution is 5.80. The van der Waals surface area contributed by atoms with E-state index in [1.807, 2.05) is 0 Å². The Hall–Kier alpha value is -1.84. The molecule has 1 aliphatic heterocycles. The number of benzene rings is 1. The topological polar surface area (TPSA) is 57.6 Å². The summed E-state index contributed by atoms with van der Waals surface area (Å²) >= 11 is 0. The van der Waals surface area contributed by atoms with Crippen LogP contribution < -0.4 is 0 Å². The van der Waals surface area contributed by atoms with Crippen LogP contribution in [0.2, 0.25) is 0 Å². The summed E-state index contributed by atoms with van der Waals surface area (Å²) in [6.07, 6.45) is 6.34. The Morgan fingerprint density at radius 3 is 2.28 bits per heavy atom. The molecular formula is C21H27NO3. The average molecular weight is 341 g/mol. The lowest BCUT2D eigenvalue weighted by Crippen LogP contribution is -2.41. The van der Waals surface area contributed by atoms with Gasteiger partial charge in [0.2, 0.25) is 5.91 Å². The normalized spacial score (nSPS) is 34.7. The number of likely N-dealkylation sites (tertiary alicyclic amines) is 1. The molecule has 3 unspecified atom stereocenters. The molecule has 3 atom stereocenters. The van der Waals surface area contributed by atoms with Crippen molar-refractivity contribution in [2.24, 2.45) is 17.8 Å². The van der Waals surface area contributed by atoms with Crippen LogP contribution in [0.4, 0.5) is 0 Å². The number of carbonyl (C=O) groups excluding carboxylic acids is 1. The third-order valence-corrected chi connectivity index (χ3v) is 6.78. The minimum absolute atomic E-state index is 0.0337. The summed E-state index contributed by atoms with van der Waals surface area (Å²) in [6, 6.07) is 11.0. The van der Waals surface area contributed by atoms with Crippen LogP contribution in [0, 0.1) is 17.8 Å². The average Bonchev–Trinajstić information content (AvgIpc) is 3.24. The molecule has 4 nitrogen and oxygen atoms in total. The number of fused-ring (bicyclic) bond motifs is 1. The molecule has 1 N–H and O–H groups in total. The van der Waals surface area contributed by atoms with E-state index in [9.17, 15) is 9.59 Å². The highest BCUT2D eigenvalue weighted by Gasteiger charge is 2.48. The molecule has 1 saturated heterocycles. The van der Waals surface area contributed by atoms with Gasteiger partial charge in [-0.3, -0.25) is 9.59 Å². The van der Waals surface area contributed by atoms with Gasteiger partial charge in [0.25, 0.3) is 0 Å². The molecule has 4 rings (SSSR count). The molecule has 2 aliphatic carbocycles. The summed E-state index contributed by atoms with van der Waals surface area (Å²) in [7, 11) is 0. The molecule has 0 radical (unpaired) electrons.